The second-order valence-electron chi connectivity index (χ2n) is 7.14. The number of carbonyl (C=O) groups is 1. The van der Waals surface area contributed by atoms with Crippen molar-refractivity contribution in [3.05, 3.63) is 35.1 Å². The number of aliphatic imine (C=N–C) groups is 1. The molecule has 0 unspecified atom stereocenters. The summed E-state index contributed by atoms with van der Waals surface area (Å²) in [6, 6.07) is 5.43. The van der Waals surface area contributed by atoms with Gasteiger partial charge in [0.1, 0.15) is 12.4 Å². The summed E-state index contributed by atoms with van der Waals surface area (Å²) in [4.78, 5) is 20.3. The van der Waals surface area contributed by atoms with E-state index in [9.17, 15) is 9.18 Å². The maximum absolute atomic E-state index is 13.4. The molecule has 1 fully saturated rings. The van der Waals surface area contributed by atoms with Gasteiger partial charge in [0.15, 0.2) is 5.96 Å². The van der Waals surface area contributed by atoms with E-state index in [1.54, 1.807) is 25.1 Å². The molecule has 0 saturated heterocycles. The van der Waals surface area contributed by atoms with Crippen molar-refractivity contribution in [1.82, 2.24) is 15.1 Å². The molecule has 3 rings (SSSR count). The first kappa shape index (κ1) is 20.9. The predicted octanol–water partition coefficient (Wildman–Crippen LogP) is 2.78. The minimum absolute atomic E-state index is 0. The molecule has 7 heteroatoms. The van der Waals surface area contributed by atoms with E-state index in [4.69, 9.17) is 0 Å². The molecule has 1 aromatic rings. The molecule has 1 amide bonds. The van der Waals surface area contributed by atoms with Gasteiger partial charge in [0, 0.05) is 33.2 Å². The van der Waals surface area contributed by atoms with Crippen molar-refractivity contribution in [2.45, 2.75) is 44.7 Å². The van der Waals surface area contributed by atoms with Crippen LogP contribution in [0.15, 0.2) is 23.2 Å². The van der Waals surface area contributed by atoms with Crippen LogP contribution in [0, 0.1) is 5.82 Å². The third-order valence-electron chi connectivity index (χ3n) is 5.03. The van der Waals surface area contributed by atoms with Crippen molar-refractivity contribution in [2.24, 2.45) is 4.99 Å². The van der Waals surface area contributed by atoms with Crippen LogP contribution in [0.4, 0.5) is 4.39 Å². The first-order valence-corrected chi connectivity index (χ1v) is 9.06. The fourth-order valence-corrected chi connectivity index (χ4v) is 3.48. The van der Waals surface area contributed by atoms with E-state index >= 15 is 0 Å². The Morgan fingerprint density at radius 3 is 2.73 bits per heavy atom. The van der Waals surface area contributed by atoms with E-state index in [-0.39, 0.29) is 42.2 Å². The normalized spacial score (nSPS) is 17.5. The van der Waals surface area contributed by atoms with Crippen LogP contribution in [0.2, 0.25) is 0 Å². The molecular formula is C19H28FIN4O. The standard InChI is InChI=1S/C19H27FN4O.HI/c1-23(2)18(25)12-21-19(22-17-5-3-4-6-17)24-10-9-14-11-16(20)8-7-15(14)13-24;/h7-8,11,17H,3-6,9-10,12-13H2,1-2H3,(H,21,22);1H. The molecule has 0 radical (unpaired) electrons. The molecule has 5 nitrogen and oxygen atoms in total. The number of nitrogens with zero attached hydrogens (tertiary/aromatic N) is 3. The smallest absolute Gasteiger partial charge is 0.243 e. The van der Waals surface area contributed by atoms with Crippen LogP contribution in [0.5, 0.6) is 0 Å². The van der Waals surface area contributed by atoms with Crippen LogP contribution in [0.1, 0.15) is 36.8 Å². The van der Waals surface area contributed by atoms with Crippen LogP contribution >= 0.6 is 24.0 Å². The zero-order valence-electron chi connectivity index (χ0n) is 15.5. The second kappa shape index (κ2) is 9.53. The number of benzene rings is 1. The molecule has 144 valence electrons. The van der Waals surface area contributed by atoms with Crippen LogP contribution in [-0.2, 0) is 17.8 Å². The lowest BCUT2D eigenvalue weighted by Crippen LogP contribution is -2.47. The number of hydrogen-bond donors (Lipinski definition) is 1. The summed E-state index contributed by atoms with van der Waals surface area (Å²) in [5.74, 6) is 0.615. The monoisotopic (exact) mass is 474 g/mol. The lowest BCUT2D eigenvalue weighted by Gasteiger charge is -2.33. The molecule has 26 heavy (non-hydrogen) atoms. The fourth-order valence-electron chi connectivity index (χ4n) is 3.48. The summed E-state index contributed by atoms with van der Waals surface area (Å²) in [7, 11) is 3.49. The zero-order chi connectivity index (χ0) is 17.8. The van der Waals surface area contributed by atoms with E-state index < -0.39 is 0 Å². The van der Waals surface area contributed by atoms with Gasteiger partial charge in [0.25, 0.3) is 0 Å². The van der Waals surface area contributed by atoms with Gasteiger partial charge < -0.3 is 15.1 Å². The summed E-state index contributed by atoms with van der Waals surface area (Å²) in [6.45, 7) is 1.63. The Morgan fingerprint density at radius 2 is 2.04 bits per heavy atom. The van der Waals surface area contributed by atoms with Gasteiger partial charge in [-0.15, -0.1) is 24.0 Å². The lowest BCUT2D eigenvalue weighted by atomic mass is 10.00. The molecule has 1 aliphatic carbocycles. The predicted molar refractivity (Wildman–Crippen MR) is 112 cm³/mol. The molecule has 0 spiro atoms. The molecule has 0 aromatic heterocycles. The Balaban J connectivity index is 0.00000243. The van der Waals surface area contributed by atoms with Crippen molar-refractivity contribution in [1.29, 1.82) is 0 Å². The zero-order valence-corrected chi connectivity index (χ0v) is 17.8. The Kier molecular flexibility index (Phi) is 7.67. The number of likely N-dealkylation sites (N-methyl/N-ethyl adjacent to an activating group) is 1. The van der Waals surface area contributed by atoms with Crippen LogP contribution in [0.25, 0.3) is 0 Å². The summed E-state index contributed by atoms with van der Waals surface area (Å²) < 4.78 is 13.4. The third-order valence-corrected chi connectivity index (χ3v) is 5.03. The Hall–Kier alpha value is -1.38. The average Bonchev–Trinajstić information content (AvgIpc) is 3.10. The molecule has 1 aromatic carbocycles. The van der Waals surface area contributed by atoms with Gasteiger partial charge in [-0.25, -0.2) is 9.38 Å². The maximum atomic E-state index is 13.4. The summed E-state index contributed by atoms with van der Waals surface area (Å²) >= 11 is 0. The van der Waals surface area contributed by atoms with Gasteiger partial charge in [-0.05, 0) is 42.5 Å². The van der Waals surface area contributed by atoms with Crippen molar-refractivity contribution < 1.29 is 9.18 Å². The Bertz CT molecular complexity index is 659. The van der Waals surface area contributed by atoms with Crippen LogP contribution in [-0.4, -0.2) is 54.9 Å². The van der Waals surface area contributed by atoms with Crippen molar-refractivity contribution in [3.63, 3.8) is 0 Å². The SMILES string of the molecule is CN(C)C(=O)CN=C(NC1CCCC1)N1CCc2cc(F)ccc2C1.I. The van der Waals surface area contributed by atoms with Gasteiger partial charge in [0.2, 0.25) is 5.91 Å². The number of rotatable bonds is 3. The maximum Gasteiger partial charge on any atom is 0.243 e. The first-order chi connectivity index (χ1) is 12.0. The number of halogens is 2. The molecule has 0 bridgehead atoms. The number of carbonyl (C=O) groups excluding carboxylic acids is 1. The van der Waals surface area contributed by atoms with Crippen LogP contribution < -0.4 is 5.32 Å². The van der Waals surface area contributed by atoms with Crippen LogP contribution in [0.3, 0.4) is 0 Å². The molecule has 1 saturated carbocycles. The summed E-state index contributed by atoms with van der Waals surface area (Å²) in [5.41, 5.74) is 2.20. The van der Waals surface area contributed by atoms with Crippen molar-refractivity contribution >= 4 is 35.8 Å². The van der Waals surface area contributed by atoms with E-state index in [0.29, 0.717) is 12.6 Å². The molecule has 1 N–H and O–H groups in total. The molecule has 1 heterocycles. The van der Waals surface area contributed by atoms with E-state index in [2.05, 4.69) is 15.2 Å². The average molecular weight is 474 g/mol. The summed E-state index contributed by atoms with van der Waals surface area (Å²) in [6.07, 6.45) is 5.57. The van der Waals surface area contributed by atoms with Gasteiger partial charge in [0.05, 0.1) is 0 Å². The minimum atomic E-state index is -0.179. The Morgan fingerprint density at radius 1 is 1.31 bits per heavy atom. The number of fused-ring (bicyclic) bond motifs is 1. The van der Waals surface area contributed by atoms with Gasteiger partial charge in [-0.2, -0.15) is 0 Å². The topological polar surface area (TPSA) is 47.9 Å². The minimum Gasteiger partial charge on any atom is -0.353 e. The summed E-state index contributed by atoms with van der Waals surface area (Å²) in [5, 5.41) is 3.55. The highest BCUT2D eigenvalue weighted by atomic mass is 127. The quantitative estimate of drug-likeness (QED) is 0.417. The van der Waals surface area contributed by atoms with Crippen molar-refractivity contribution in [2.75, 3.05) is 27.2 Å². The number of guanidine groups is 1. The highest BCUT2D eigenvalue weighted by Crippen LogP contribution is 2.22. The van der Waals surface area contributed by atoms with Crippen molar-refractivity contribution in [3.8, 4) is 0 Å². The van der Waals surface area contributed by atoms with Gasteiger partial charge in [-0.3, -0.25) is 4.79 Å². The number of amides is 1. The number of nitrogens with one attached hydrogen (secondary N) is 1. The van der Waals surface area contributed by atoms with E-state index in [0.717, 1.165) is 42.9 Å². The van der Waals surface area contributed by atoms with Gasteiger partial charge >= 0.3 is 0 Å². The van der Waals surface area contributed by atoms with E-state index in [1.807, 2.05) is 6.07 Å². The van der Waals surface area contributed by atoms with Gasteiger partial charge in [-0.1, -0.05) is 18.9 Å². The molecule has 0 atom stereocenters. The molecule has 2 aliphatic rings. The Labute approximate surface area is 172 Å². The third kappa shape index (κ3) is 5.31. The molecule has 1 aliphatic heterocycles. The fraction of sp³-hybridized carbons (Fsp3) is 0.579. The lowest BCUT2D eigenvalue weighted by molar-refractivity contribution is -0.127. The first-order valence-electron chi connectivity index (χ1n) is 9.06. The highest BCUT2D eigenvalue weighted by Gasteiger charge is 2.23. The number of hydrogen-bond acceptors (Lipinski definition) is 2. The second-order valence-corrected chi connectivity index (χ2v) is 7.14. The van der Waals surface area contributed by atoms with E-state index in [1.165, 1.54) is 18.9 Å². The largest absolute Gasteiger partial charge is 0.353 e. The highest BCUT2D eigenvalue weighted by molar-refractivity contribution is 14.0. The molecular weight excluding hydrogens is 446 g/mol.